The maximum absolute atomic E-state index is 13.5. The Balaban J connectivity index is 1.99. The standard InChI is InChI=1S/C35H51N5O7/c1-25(2)31(33(44)46-23-27-12-9-8-10-13-27)39(6)21-19-26-15-17-28(18-16-26)40(7)32(43)29(14-11-20-36-24-41)38-30(42)22-37-34(45)47-35(3,4)5/h8-10,12-13,15-18,24-25,29,31H,11,14,19-23H2,1-7H3,(H,36,41)(H,37,45)(H,38,42)/t29-,31?/m0/s1. The van der Waals surface area contributed by atoms with Gasteiger partial charge in [0.25, 0.3) is 0 Å². The average Bonchev–Trinajstić information content (AvgIpc) is 3.02. The fraction of sp³-hybridized carbons (Fsp3) is 0.514. The van der Waals surface area contributed by atoms with Gasteiger partial charge in [-0.1, -0.05) is 56.3 Å². The van der Waals surface area contributed by atoms with Gasteiger partial charge in [-0.15, -0.1) is 0 Å². The summed E-state index contributed by atoms with van der Waals surface area (Å²) in [6, 6.07) is 15.8. The van der Waals surface area contributed by atoms with Crippen LogP contribution >= 0.6 is 0 Å². The van der Waals surface area contributed by atoms with Gasteiger partial charge in [0.15, 0.2) is 0 Å². The summed E-state index contributed by atoms with van der Waals surface area (Å²) in [7, 11) is 3.54. The summed E-state index contributed by atoms with van der Waals surface area (Å²) < 4.78 is 10.8. The van der Waals surface area contributed by atoms with Crippen LogP contribution < -0.4 is 20.9 Å². The van der Waals surface area contributed by atoms with Crippen LogP contribution in [-0.4, -0.2) is 86.6 Å². The number of benzene rings is 2. The molecule has 0 aliphatic carbocycles. The number of anilines is 1. The highest BCUT2D eigenvalue weighted by atomic mass is 16.6. The van der Waals surface area contributed by atoms with Crippen molar-refractivity contribution >= 4 is 36.0 Å². The van der Waals surface area contributed by atoms with Crippen LogP contribution in [0.2, 0.25) is 0 Å². The number of carbonyl (C=O) groups is 5. The minimum absolute atomic E-state index is 0.0565. The lowest BCUT2D eigenvalue weighted by Crippen LogP contribution is -2.50. The number of likely N-dealkylation sites (N-methyl/N-ethyl adjacent to an activating group) is 2. The molecule has 0 saturated carbocycles. The van der Waals surface area contributed by atoms with Gasteiger partial charge < -0.3 is 30.3 Å². The molecule has 2 aromatic carbocycles. The smallest absolute Gasteiger partial charge is 0.408 e. The maximum atomic E-state index is 13.5. The van der Waals surface area contributed by atoms with Crippen molar-refractivity contribution in [2.24, 2.45) is 5.92 Å². The molecule has 258 valence electrons. The molecule has 2 aromatic rings. The van der Waals surface area contributed by atoms with E-state index in [0.717, 1.165) is 11.1 Å². The Hall–Kier alpha value is -4.45. The molecule has 47 heavy (non-hydrogen) atoms. The topological polar surface area (TPSA) is 146 Å². The molecule has 2 rings (SSSR count). The summed E-state index contributed by atoms with van der Waals surface area (Å²) in [6.07, 6.45) is 1.24. The normalized spacial score (nSPS) is 12.5. The number of ether oxygens (including phenoxy) is 2. The second-order valence-electron chi connectivity index (χ2n) is 12.8. The molecular formula is C35H51N5O7. The van der Waals surface area contributed by atoms with E-state index >= 15 is 0 Å². The van der Waals surface area contributed by atoms with E-state index < -0.39 is 29.7 Å². The number of rotatable bonds is 18. The molecule has 0 saturated heterocycles. The van der Waals surface area contributed by atoms with Crippen molar-refractivity contribution in [3.8, 4) is 0 Å². The van der Waals surface area contributed by atoms with Crippen molar-refractivity contribution in [3.63, 3.8) is 0 Å². The molecule has 12 heteroatoms. The third kappa shape index (κ3) is 14.2. The van der Waals surface area contributed by atoms with E-state index in [0.29, 0.717) is 38.0 Å². The van der Waals surface area contributed by atoms with E-state index in [4.69, 9.17) is 9.47 Å². The molecule has 2 atom stereocenters. The van der Waals surface area contributed by atoms with E-state index in [1.54, 1.807) is 27.8 Å². The molecule has 0 aliphatic heterocycles. The minimum atomic E-state index is -0.885. The Morgan fingerprint density at radius 3 is 2.19 bits per heavy atom. The molecular weight excluding hydrogens is 602 g/mol. The van der Waals surface area contributed by atoms with Crippen LogP contribution in [-0.2, 0) is 41.7 Å². The van der Waals surface area contributed by atoms with Gasteiger partial charge in [0, 0.05) is 25.8 Å². The molecule has 0 aliphatic rings. The SMILES string of the molecule is CC(C)C(C(=O)OCc1ccccc1)N(C)CCc1ccc(N(C)C(=O)[C@H](CCCNC=O)NC(=O)CNC(=O)OC(C)(C)C)cc1. The highest BCUT2D eigenvalue weighted by Crippen LogP contribution is 2.18. The Kier molecular flexibility index (Phi) is 15.9. The number of nitrogens with one attached hydrogen (secondary N) is 3. The predicted molar refractivity (Wildman–Crippen MR) is 181 cm³/mol. The number of hydrogen-bond acceptors (Lipinski definition) is 8. The molecule has 0 heterocycles. The molecule has 0 bridgehead atoms. The number of hydrogen-bond donors (Lipinski definition) is 3. The molecule has 12 nitrogen and oxygen atoms in total. The molecule has 1 unspecified atom stereocenters. The summed E-state index contributed by atoms with van der Waals surface area (Å²) in [5, 5.41) is 7.64. The van der Waals surface area contributed by atoms with Crippen LogP contribution in [0, 0.1) is 5.92 Å². The molecule has 3 N–H and O–H groups in total. The van der Waals surface area contributed by atoms with Gasteiger partial charge in [-0.2, -0.15) is 0 Å². The fourth-order valence-corrected chi connectivity index (χ4v) is 4.90. The molecule has 0 radical (unpaired) electrons. The van der Waals surface area contributed by atoms with Gasteiger partial charge >= 0.3 is 12.1 Å². The van der Waals surface area contributed by atoms with E-state index in [1.807, 2.05) is 80.4 Å². The Morgan fingerprint density at radius 2 is 1.60 bits per heavy atom. The monoisotopic (exact) mass is 653 g/mol. The minimum Gasteiger partial charge on any atom is -0.460 e. The van der Waals surface area contributed by atoms with Crippen LogP contribution in [0.25, 0.3) is 0 Å². The van der Waals surface area contributed by atoms with Gasteiger partial charge in [0.2, 0.25) is 18.2 Å². The number of carbonyl (C=O) groups excluding carboxylic acids is 5. The number of amides is 4. The van der Waals surface area contributed by atoms with E-state index in [1.165, 1.54) is 4.90 Å². The number of alkyl carbamates (subject to hydrolysis) is 1. The quantitative estimate of drug-likeness (QED) is 0.126. The highest BCUT2D eigenvalue weighted by molar-refractivity contribution is 5.99. The third-order valence-corrected chi connectivity index (χ3v) is 7.30. The van der Waals surface area contributed by atoms with Crippen molar-refractivity contribution in [3.05, 3.63) is 65.7 Å². The lowest BCUT2D eigenvalue weighted by molar-refractivity contribution is -0.152. The second kappa shape index (κ2) is 19.3. The number of esters is 1. The molecule has 0 spiro atoms. The third-order valence-electron chi connectivity index (χ3n) is 7.30. The summed E-state index contributed by atoms with van der Waals surface area (Å²) in [5.41, 5.74) is 1.88. The molecule has 0 fully saturated rings. The zero-order valence-electron chi connectivity index (χ0n) is 28.7. The fourth-order valence-electron chi connectivity index (χ4n) is 4.90. The first-order chi connectivity index (χ1) is 22.2. The summed E-state index contributed by atoms with van der Waals surface area (Å²) >= 11 is 0. The zero-order chi connectivity index (χ0) is 35.0. The first kappa shape index (κ1) is 38.7. The summed E-state index contributed by atoms with van der Waals surface area (Å²) in [5.74, 6) is -1.09. The first-order valence-electron chi connectivity index (χ1n) is 15.9. The van der Waals surface area contributed by atoms with Crippen molar-refractivity contribution < 1.29 is 33.4 Å². The number of nitrogens with zero attached hydrogens (tertiary/aromatic N) is 2. The summed E-state index contributed by atoms with van der Waals surface area (Å²) in [4.78, 5) is 65.1. The van der Waals surface area contributed by atoms with Crippen molar-refractivity contribution in [1.82, 2.24) is 20.9 Å². The van der Waals surface area contributed by atoms with Gasteiger partial charge in [-0.25, -0.2) is 4.79 Å². The second-order valence-corrected chi connectivity index (χ2v) is 12.8. The van der Waals surface area contributed by atoms with Crippen molar-refractivity contribution in [1.29, 1.82) is 0 Å². The van der Waals surface area contributed by atoms with Crippen LogP contribution in [0.5, 0.6) is 0 Å². The van der Waals surface area contributed by atoms with Gasteiger partial charge in [0.1, 0.15) is 30.8 Å². The zero-order valence-corrected chi connectivity index (χ0v) is 28.7. The van der Waals surface area contributed by atoms with Gasteiger partial charge in [0.05, 0.1) is 0 Å². The lowest BCUT2D eigenvalue weighted by Gasteiger charge is -2.29. The van der Waals surface area contributed by atoms with E-state index in [2.05, 4.69) is 16.0 Å². The van der Waals surface area contributed by atoms with Crippen LogP contribution in [0.15, 0.2) is 54.6 Å². The Bertz CT molecular complexity index is 1300. The average molecular weight is 654 g/mol. The van der Waals surface area contributed by atoms with Gasteiger partial charge in [-0.05, 0) is 76.3 Å². The molecule has 0 aromatic heterocycles. The highest BCUT2D eigenvalue weighted by Gasteiger charge is 2.28. The van der Waals surface area contributed by atoms with Crippen molar-refractivity contribution in [2.75, 3.05) is 38.6 Å². The van der Waals surface area contributed by atoms with Crippen LogP contribution in [0.1, 0.15) is 58.6 Å². The summed E-state index contributed by atoms with van der Waals surface area (Å²) in [6.45, 7) is 9.97. The molecule has 4 amide bonds. The lowest BCUT2D eigenvalue weighted by atomic mass is 10.0. The van der Waals surface area contributed by atoms with E-state index in [9.17, 15) is 24.0 Å². The van der Waals surface area contributed by atoms with Gasteiger partial charge in [-0.3, -0.25) is 24.1 Å². The van der Waals surface area contributed by atoms with Crippen LogP contribution in [0.4, 0.5) is 10.5 Å². The Labute approximate surface area is 278 Å². The Morgan fingerprint density at radius 1 is 0.936 bits per heavy atom. The van der Waals surface area contributed by atoms with E-state index in [-0.39, 0.29) is 37.4 Å². The largest absolute Gasteiger partial charge is 0.460 e. The van der Waals surface area contributed by atoms with Crippen molar-refractivity contribution in [2.45, 2.75) is 78.2 Å². The first-order valence-corrected chi connectivity index (χ1v) is 15.9. The predicted octanol–water partition coefficient (Wildman–Crippen LogP) is 3.43. The maximum Gasteiger partial charge on any atom is 0.408 e. The van der Waals surface area contributed by atoms with Crippen LogP contribution in [0.3, 0.4) is 0 Å².